The number of piperazine rings is 1. The van der Waals surface area contributed by atoms with Crippen molar-refractivity contribution in [3.8, 4) is 0 Å². The van der Waals surface area contributed by atoms with Gasteiger partial charge in [0.25, 0.3) is 0 Å². The smallest absolute Gasteiger partial charge is 0.242 e. The van der Waals surface area contributed by atoms with E-state index in [0.717, 1.165) is 19.3 Å². The zero-order valence-electron chi connectivity index (χ0n) is 8.86. The van der Waals surface area contributed by atoms with Gasteiger partial charge in [-0.3, -0.25) is 9.59 Å². The van der Waals surface area contributed by atoms with Crippen LogP contribution in [0.1, 0.15) is 19.3 Å². The van der Waals surface area contributed by atoms with Crippen molar-refractivity contribution in [2.24, 2.45) is 0 Å². The highest BCUT2D eigenvalue weighted by molar-refractivity contribution is 7.99. The van der Waals surface area contributed by atoms with Gasteiger partial charge in [0.05, 0.1) is 13.1 Å². The van der Waals surface area contributed by atoms with E-state index in [2.05, 4.69) is 11.6 Å². The van der Waals surface area contributed by atoms with Crippen molar-refractivity contribution in [1.82, 2.24) is 10.2 Å². The van der Waals surface area contributed by atoms with Crippen molar-refractivity contribution in [1.29, 1.82) is 0 Å². The molecule has 0 bridgehead atoms. The first-order valence-corrected chi connectivity index (χ1v) is 6.58. The van der Waals surface area contributed by atoms with Crippen LogP contribution in [0.2, 0.25) is 0 Å². The third-order valence-corrected chi connectivity index (χ3v) is 4.30. The molecule has 2 unspecified atom stereocenters. The largest absolute Gasteiger partial charge is 0.345 e. The number of carbonyl (C=O) groups excluding carboxylic acids is 2. The molecule has 1 aliphatic heterocycles. The molecule has 1 N–H and O–H groups in total. The molecule has 84 valence electrons. The Labute approximate surface area is 93.8 Å². The Hall–Kier alpha value is -0.710. The average molecular weight is 228 g/mol. The third kappa shape index (κ3) is 2.27. The second-order valence-corrected chi connectivity index (χ2v) is 5.26. The van der Waals surface area contributed by atoms with Crippen LogP contribution in [0.25, 0.3) is 0 Å². The monoisotopic (exact) mass is 228 g/mol. The highest BCUT2D eigenvalue weighted by atomic mass is 32.2. The minimum absolute atomic E-state index is 0.0257. The minimum Gasteiger partial charge on any atom is -0.345 e. The lowest BCUT2D eigenvalue weighted by molar-refractivity contribution is -0.142. The normalized spacial score (nSPS) is 31.9. The predicted molar refractivity (Wildman–Crippen MR) is 59.7 cm³/mol. The molecule has 1 saturated heterocycles. The van der Waals surface area contributed by atoms with Crippen molar-refractivity contribution >= 4 is 23.6 Å². The molecule has 2 amide bonds. The second-order valence-electron chi connectivity index (χ2n) is 4.12. The van der Waals surface area contributed by atoms with Gasteiger partial charge in [0.2, 0.25) is 11.8 Å². The molecule has 2 atom stereocenters. The van der Waals surface area contributed by atoms with Crippen molar-refractivity contribution < 1.29 is 9.59 Å². The van der Waals surface area contributed by atoms with Crippen LogP contribution < -0.4 is 5.32 Å². The van der Waals surface area contributed by atoms with E-state index in [1.807, 2.05) is 11.8 Å². The summed E-state index contributed by atoms with van der Waals surface area (Å²) in [6.45, 7) is 0.434. The molecule has 0 aromatic carbocycles. The molecule has 5 heteroatoms. The summed E-state index contributed by atoms with van der Waals surface area (Å²) < 4.78 is 0. The lowest BCUT2D eigenvalue weighted by atomic mass is 10.2. The first-order chi connectivity index (χ1) is 7.20. The highest BCUT2D eigenvalue weighted by Gasteiger charge is 2.34. The van der Waals surface area contributed by atoms with Gasteiger partial charge in [-0.05, 0) is 25.5 Å². The van der Waals surface area contributed by atoms with E-state index >= 15 is 0 Å². The Balaban J connectivity index is 1.97. The van der Waals surface area contributed by atoms with Gasteiger partial charge >= 0.3 is 0 Å². The number of nitrogens with zero attached hydrogens (tertiary/aromatic N) is 1. The van der Waals surface area contributed by atoms with Crippen LogP contribution in [0.3, 0.4) is 0 Å². The molecule has 2 aliphatic rings. The topological polar surface area (TPSA) is 49.4 Å². The number of nitrogens with one attached hydrogen (secondary N) is 1. The van der Waals surface area contributed by atoms with Crippen molar-refractivity contribution in [3.63, 3.8) is 0 Å². The average Bonchev–Trinajstić information content (AvgIpc) is 2.70. The Morgan fingerprint density at radius 2 is 2.20 bits per heavy atom. The fourth-order valence-corrected chi connectivity index (χ4v) is 3.11. The first-order valence-electron chi connectivity index (χ1n) is 5.29. The van der Waals surface area contributed by atoms with Crippen molar-refractivity contribution in [2.45, 2.75) is 30.6 Å². The van der Waals surface area contributed by atoms with Gasteiger partial charge in [-0.1, -0.05) is 0 Å². The summed E-state index contributed by atoms with van der Waals surface area (Å²) in [5.41, 5.74) is 0. The first kappa shape index (κ1) is 10.8. The summed E-state index contributed by atoms with van der Waals surface area (Å²) in [5.74, 6) is 0.0450. The van der Waals surface area contributed by atoms with Crippen LogP contribution in [0.15, 0.2) is 0 Å². The Morgan fingerprint density at radius 3 is 2.87 bits per heavy atom. The molecule has 1 heterocycles. The van der Waals surface area contributed by atoms with Crippen LogP contribution in [0.4, 0.5) is 0 Å². The molecule has 1 aliphatic carbocycles. The molecular formula is C10H16N2O2S. The summed E-state index contributed by atoms with van der Waals surface area (Å²) in [5, 5.41) is 3.24. The molecular weight excluding hydrogens is 212 g/mol. The van der Waals surface area contributed by atoms with E-state index in [4.69, 9.17) is 0 Å². The third-order valence-electron chi connectivity index (χ3n) is 3.20. The van der Waals surface area contributed by atoms with Crippen LogP contribution in [0, 0.1) is 0 Å². The molecule has 0 spiro atoms. The van der Waals surface area contributed by atoms with Crippen LogP contribution in [0.5, 0.6) is 0 Å². The van der Waals surface area contributed by atoms with E-state index < -0.39 is 0 Å². The van der Waals surface area contributed by atoms with Gasteiger partial charge in [0.1, 0.15) is 0 Å². The predicted octanol–water partition coefficient (Wildman–Crippen LogP) is 0.229. The van der Waals surface area contributed by atoms with Gasteiger partial charge in [-0.25, -0.2) is 0 Å². The molecule has 15 heavy (non-hydrogen) atoms. The Kier molecular flexibility index (Phi) is 3.19. The zero-order chi connectivity index (χ0) is 10.8. The molecule has 2 fully saturated rings. The number of carbonyl (C=O) groups is 2. The maximum Gasteiger partial charge on any atom is 0.242 e. The summed E-state index contributed by atoms with van der Waals surface area (Å²) in [7, 11) is 0. The number of hydrogen-bond acceptors (Lipinski definition) is 3. The number of rotatable bonds is 2. The molecule has 2 rings (SSSR count). The number of thioether (sulfide) groups is 1. The number of amides is 2. The molecule has 0 aromatic rings. The fourth-order valence-electron chi connectivity index (χ4n) is 2.32. The van der Waals surface area contributed by atoms with E-state index in [1.54, 1.807) is 4.90 Å². The molecule has 0 aromatic heterocycles. The Bertz CT molecular complexity index is 283. The van der Waals surface area contributed by atoms with E-state index in [0.29, 0.717) is 11.3 Å². The quantitative estimate of drug-likeness (QED) is 0.736. The van der Waals surface area contributed by atoms with Gasteiger partial charge in [-0.15, -0.1) is 0 Å². The fraction of sp³-hybridized carbons (Fsp3) is 0.800. The molecule has 0 radical (unpaired) electrons. The van der Waals surface area contributed by atoms with Gasteiger partial charge in [0.15, 0.2) is 0 Å². The van der Waals surface area contributed by atoms with Crippen LogP contribution >= 0.6 is 11.8 Å². The minimum atomic E-state index is -0.0257. The maximum atomic E-state index is 11.6. The van der Waals surface area contributed by atoms with Gasteiger partial charge in [-0.2, -0.15) is 11.8 Å². The van der Waals surface area contributed by atoms with Crippen LogP contribution in [-0.2, 0) is 9.59 Å². The summed E-state index contributed by atoms with van der Waals surface area (Å²) in [6, 6.07) is 0.293. The SMILES string of the molecule is CSC1CCC(N2CC(=O)NCC2=O)C1. The Morgan fingerprint density at radius 1 is 1.40 bits per heavy atom. The standard InChI is InChI=1S/C10H16N2O2S/c1-15-8-3-2-7(4-8)12-6-9(13)11-5-10(12)14/h7-8H,2-6H2,1H3,(H,11,13). The summed E-state index contributed by atoms with van der Waals surface area (Å²) in [4.78, 5) is 24.6. The molecule has 1 saturated carbocycles. The molecule has 4 nitrogen and oxygen atoms in total. The van der Waals surface area contributed by atoms with E-state index in [1.165, 1.54) is 0 Å². The van der Waals surface area contributed by atoms with E-state index in [9.17, 15) is 9.59 Å². The second kappa shape index (κ2) is 4.43. The van der Waals surface area contributed by atoms with Gasteiger partial charge < -0.3 is 10.2 Å². The lowest BCUT2D eigenvalue weighted by Gasteiger charge is -2.32. The number of hydrogen-bond donors (Lipinski definition) is 1. The maximum absolute atomic E-state index is 11.6. The van der Waals surface area contributed by atoms with Crippen LogP contribution in [-0.4, -0.2) is 47.4 Å². The zero-order valence-corrected chi connectivity index (χ0v) is 9.68. The van der Waals surface area contributed by atoms with Gasteiger partial charge in [0, 0.05) is 11.3 Å². The van der Waals surface area contributed by atoms with E-state index in [-0.39, 0.29) is 24.9 Å². The van der Waals surface area contributed by atoms with Crippen molar-refractivity contribution in [2.75, 3.05) is 19.3 Å². The summed E-state index contributed by atoms with van der Waals surface area (Å²) >= 11 is 1.86. The van der Waals surface area contributed by atoms with Crippen molar-refractivity contribution in [3.05, 3.63) is 0 Å². The lowest BCUT2D eigenvalue weighted by Crippen LogP contribution is -2.54. The summed E-state index contributed by atoms with van der Waals surface area (Å²) in [6.07, 6.45) is 5.36. The highest BCUT2D eigenvalue weighted by Crippen LogP contribution is 2.31.